The van der Waals surface area contributed by atoms with Gasteiger partial charge in [0, 0.05) is 30.2 Å². The number of rotatable bonds is 5. The van der Waals surface area contributed by atoms with E-state index in [0.29, 0.717) is 19.5 Å². The molecule has 1 aliphatic heterocycles. The topological polar surface area (TPSA) is 85.4 Å². The first-order valence-electron chi connectivity index (χ1n) is 8.43. The number of hydrogen-bond acceptors (Lipinski definition) is 3. The molecule has 24 heavy (non-hydrogen) atoms. The lowest BCUT2D eigenvalue weighted by atomic mass is 10.1. The minimum absolute atomic E-state index is 0.0181. The van der Waals surface area contributed by atoms with E-state index in [4.69, 9.17) is 0 Å². The summed E-state index contributed by atoms with van der Waals surface area (Å²) in [7, 11) is 0. The van der Waals surface area contributed by atoms with Crippen LogP contribution >= 0.6 is 0 Å². The molecule has 0 spiro atoms. The Kier molecular flexibility index (Phi) is 5.15. The Bertz CT molecular complexity index is 725. The van der Waals surface area contributed by atoms with Gasteiger partial charge in [0.15, 0.2) is 0 Å². The number of aromatic nitrogens is 1. The summed E-state index contributed by atoms with van der Waals surface area (Å²) in [6.45, 7) is 1.07. The Morgan fingerprint density at radius 1 is 1.33 bits per heavy atom. The quantitative estimate of drug-likeness (QED) is 0.770. The second kappa shape index (κ2) is 7.49. The summed E-state index contributed by atoms with van der Waals surface area (Å²) in [5.74, 6) is -0.515. The third-order valence-electron chi connectivity index (χ3n) is 4.49. The predicted molar refractivity (Wildman–Crippen MR) is 91.5 cm³/mol. The number of aliphatic hydroxyl groups is 1. The van der Waals surface area contributed by atoms with E-state index >= 15 is 0 Å². The first kappa shape index (κ1) is 16.5. The monoisotopic (exact) mass is 329 g/mol. The number of benzene rings is 1. The zero-order valence-electron chi connectivity index (χ0n) is 13.6. The first-order valence-corrected chi connectivity index (χ1v) is 8.43. The van der Waals surface area contributed by atoms with E-state index in [1.807, 2.05) is 24.4 Å². The molecule has 0 radical (unpaired) electrons. The highest BCUT2D eigenvalue weighted by molar-refractivity contribution is 5.87. The van der Waals surface area contributed by atoms with E-state index in [9.17, 15) is 14.7 Å². The van der Waals surface area contributed by atoms with Crippen molar-refractivity contribution in [2.75, 3.05) is 19.6 Å². The minimum atomic E-state index is -0.966. The molecule has 0 aliphatic carbocycles. The molecule has 1 aromatic carbocycles. The van der Waals surface area contributed by atoms with Crippen LogP contribution in [0.1, 0.15) is 24.8 Å². The maximum absolute atomic E-state index is 12.1. The first-order chi connectivity index (χ1) is 11.6. The van der Waals surface area contributed by atoms with E-state index in [0.717, 1.165) is 30.2 Å². The lowest BCUT2D eigenvalue weighted by Gasteiger charge is -2.21. The molecule has 2 amide bonds. The fraction of sp³-hybridized carbons (Fsp3) is 0.444. The van der Waals surface area contributed by atoms with Crippen LogP contribution in [0.15, 0.2) is 30.5 Å². The van der Waals surface area contributed by atoms with E-state index in [2.05, 4.69) is 16.4 Å². The van der Waals surface area contributed by atoms with Crippen LogP contribution in [0.5, 0.6) is 0 Å². The van der Waals surface area contributed by atoms with Crippen molar-refractivity contribution in [1.82, 2.24) is 15.2 Å². The van der Waals surface area contributed by atoms with Gasteiger partial charge < -0.3 is 20.3 Å². The van der Waals surface area contributed by atoms with E-state index < -0.39 is 6.10 Å². The molecule has 0 bridgehead atoms. The van der Waals surface area contributed by atoms with Crippen LogP contribution in [-0.4, -0.2) is 52.5 Å². The molecule has 1 fully saturated rings. The summed E-state index contributed by atoms with van der Waals surface area (Å²) in [6, 6.07) is 8.10. The van der Waals surface area contributed by atoms with Crippen LogP contribution in [0, 0.1) is 0 Å². The van der Waals surface area contributed by atoms with Crippen LogP contribution < -0.4 is 5.32 Å². The fourth-order valence-corrected chi connectivity index (χ4v) is 3.18. The largest absolute Gasteiger partial charge is 0.383 e. The van der Waals surface area contributed by atoms with Crippen LogP contribution in [-0.2, 0) is 16.0 Å². The van der Waals surface area contributed by atoms with Gasteiger partial charge >= 0.3 is 0 Å². The summed E-state index contributed by atoms with van der Waals surface area (Å²) in [5, 5.41) is 13.8. The number of carbonyl (C=O) groups excluding carboxylic acids is 2. The molecule has 1 aromatic heterocycles. The second-order valence-corrected chi connectivity index (χ2v) is 6.23. The smallest absolute Gasteiger partial charge is 0.251 e. The third-order valence-corrected chi connectivity index (χ3v) is 4.49. The van der Waals surface area contributed by atoms with Gasteiger partial charge in [-0.3, -0.25) is 9.59 Å². The average molecular weight is 329 g/mol. The highest BCUT2D eigenvalue weighted by atomic mass is 16.3. The standard InChI is InChI=1S/C18H23N3O3/c22-16-6-1-2-11-21(18(16)24)12-17(23)20-9-7-13-4-3-5-15-14(13)8-10-19-15/h3-5,8,10,16,19,22H,1-2,6-7,9,11-12H2,(H,20,23). The zero-order chi connectivity index (χ0) is 16.9. The molecule has 3 rings (SSSR count). The molecule has 0 saturated carbocycles. The molecule has 6 nitrogen and oxygen atoms in total. The van der Waals surface area contributed by atoms with Crippen molar-refractivity contribution >= 4 is 22.7 Å². The van der Waals surface area contributed by atoms with Gasteiger partial charge in [0.05, 0.1) is 6.54 Å². The number of H-pyrrole nitrogens is 1. The molecule has 1 saturated heterocycles. The van der Waals surface area contributed by atoms with Crippen LogP contribution in [0.4, 0.5) is 0 Å². The SMILES string of the molecule is O=C(CN1CCCCC(O)C1=O)NCCc1cccc2[nH]ccc12. The second-order valence-electron chi connectivity index (χ2n) is 6.23. The molecule has 3 N–H and O–H groups in total. The van der Waals surface area contributed by atoms with Crippen molar-refractivity contribution in [3.8, 4) is 0 Å². The molecule has 6 heteroatoms. The van der Waals surface area contributed by atoms with Crippen molar-refractivity contribution in [3.05, 3.63) is 36.0 Å². The molecule has 1 aliphatic rings. The molecular weight excluding hydrogens is 306 g/mol. The number of nitrogens with zero attached hydrogens (tertiary/aromatic N) is 1. The molecule has 128 valence electrons. The molecule has 2 aromatic rings. The highest BCUT2D eigenvalue weighted by Gasteiger charge is 2.26. The Labute approximate surface area is 140 Å². The van der Waals surface area contributed by atoms with Crippen LogP contribution in [0.25, 0.3) is 10.9 Å². The number of aliphatic hydroxyl groups excluding tert-OH is 1. The summed E-state index contributed by atoms with van der Waals surface area (Å²) in [4.78, 5) is 28.7. The van der Waals surface area contributed by atoms with E-state index in [-0.39, 0.29) is 18.4 Å². The van der Waals surface area contributed by atoms with Gasteiger partial charge in [-0.25, -0.2) is 0 Å². The number of likely N-dealkylation sites (tertiary alicyclic amines) is 1. The Balaban J connectivity index is 1.50. The number of hydrogen-bond donors (Lipinski definition) is 3. The van der Waals surface area contributed by atoms with Gasteiger partial charge in [0.1, 0.15) is 6.10 Å². The number of nitrogens with one attached hydrogen (secondary N) is 2. The van der Waals surface area contributed by atoms with Crippen molar-refractivity contribution in [3.63, 3.8) is 0 Å². The third kappa shape index (κ3) is 3.76. The van der Waals surface area contributed by atoms with Crippen LogP contribution in [0.3, 0.4) is 0 Å². The molecule has 1 atom stereocenters. The van der Waals surface area contributed by atoms with Crippen molar-refractivity contribution in [1.29, 1.82) is 0 Å². The van der Waals surface area contributed by atoms with Gasteiger partial charge in [-0.15, -0.1) is 0 Å². The Morgan fingerprint density at radius 3 is 3.08 bits per heavy atom. The highest BCUT2D eigenvalue weighted by Crippen LogP contribution is 2.17. The van der Waals surface area contributed by atoms with Crippen molar-refractivity contribution in [2.24, 2.45) is 0 Å². The number of fused-ring (bicyclic) bond motifs is 1. The minimum Gasteiger partial charge on any atom is -0.383 e. The van der Waals surface area contributed by atoms with Crippen LogP contribution in [0.2, 0.25) is 0 Å². The maximum atomic E-state index is 12.1. The number of amides is 2. The van der Waals surface area contributed by atoms with Gasteiger partial charge in [-0.1, -0.05) is 12.1 Å². The average Bonchev–Trinajstić information content (AvgIpc) is 3.00. The summed E-state index contributed by atoms with van der Waals surface area (Å²) in [6.07, 6.45) is 3.79. The summed E-state index contributed by atoms with van der Waals surface area (Å²) in [5.41, 5.74) is 2.26. The van der Waals surface area contributed by atoms with Gasteiger partial charge in [-0.2, -0.15) is 0 Å². The lowest BCUT2D eigenvalue weighted by molar-refractivity contribution is -0.142. The fourth-order valence-electron chi connectivity index (χ4n) is 3.18. The number of carbonyl (C=O) groups is 2. The zero-order valence-corrected chi connectivity index (χ0v) is 13.6. The predicted octanol–water partition coefficient (Wildman–Crippen LogP) is 1.20. The van der Waals surface area contributed by atoms with E-state index in [1.54, 1.807) is 0 Å². The van der Waals surface area contributed by atoms with Crippen molar-refractivity contribution in [2.45, 2.75) is 31.8 Å². The Morgan fingerprint density at radius 2 is 2.21 bits per heavy atom. The molecular formula is C18H23N3O3. The van der Waals surface area contributed by atoms with E-state index in [1.165, 1.54) is 10.5 Å². The normalized spacial score (nSPS) is 18.6. The Hall–Kier alpha value is -2.34. The van der Waals surface area contributed by atoms with Gasteiger partial charge in [0.2, 0.25) is 5.91 Å². The maximum Gasteiger partial charge on any atom is 0.251 e. The molecule has 2 heterocycles. The van der Waals surface area contributed by atoms with Gasteiger partial charge in [-0.05, 0) is 43.4 Å². The molecule has 1 unspecified atom stereocenters. The van der Waals surface area contributed by atoms with Crippen molar-refractivity contribution < 1.29 is 14.7 Å². The van der Waals surface area contributed by atoms with Gasteiger partial charge in [0.25, 0.3) is 5.91 Å². The summed E-state index contributed by atoms with van der Waals surface area (Å²) >= 11 is 0. The number of aromatic amines is 1. The lowest BCUT2D eigenvalue weighted by Crippen LogP contribution is -2.44. The summed E-state index contributed by atoms with van der Waals surface area (Å²) < 4.78 is 0.